The number of hydrogen-bond acceptors (Lipinski definition) is 3. The first-order valence-corrected chi connectivity index (χ1v) is 8.05. The maximum Gasteiger partial charge on any atom is 0.348 e. The highest BCUT2D eigenvalue weighted by Gasteiger charge is 2.25. The van der Waals surface area contributed by atoms with Gasteiger partial charge in [0, 0.05) is 0 Å². The number of para-hydroxylation sites is 2. The Hall–Kier alpha value is -2.66. The van der Waals surface area contributed by atoms with E-state index in [9.17, 15) is 9.90 Å². The first-order chi connectivity index (χ1) is 11.7. The minimum atomic E-state index is -0.322. The number of ether oxygens (including phenoxy) is 1. The number of carbonyl (C=O) groups is 1. The molecule has 0 saturated heterocycles. The zero-order valence-corrected chi connectivity index (χ0v) is 13.7. The summed E-state index contributed by atoms with van der Waals surface area (Å²) in [6.07, 6.45) is 0. The van der Waals surface area contributed by atoms with Crippen LogP contribution in [0.1, 0.15) is 18.3 Å². The minimum Gasteiger partial charge on any atom is -0.458 e. The third-order valence-corrected chi connectivity index (χ3v) is 4.07. The predicted molar refractivity (Wildman–Crippen MR) is 90.0 cm³/mol. The molecule has 0 aliphatic carbocycles. The standard InChI is InChI=1S/C19H21N2O3/c1-2-20-16-10-6-7-11-17(16)21(18(20)13-22)12-19(23)24-14-15-8-4-3-5-9-15/h3-11,22H,2,12-14H2,1H3/q+1. The molecule has 0 unspecified atom stereocenters. The maximum atomic E-state index is 12.3. The molecule has 0 saturated carbocycles. The summed E-state index contributed by atoms with van der Waals surface area (Å²) in [6.45, 7) is 2.94. The number of benzene rings is 2. The Bertz CT molecular complexity index is 840. The van der Waals surface area contributed by atoms with E-state index in [0.29, 0.717) is 5.82 Å². The quantitative estimate of drug-likeness (QED) is 0.558. The molecule has 124 valence electrons. The number of hydrogen-bond donors (Lipinski definition) is 1. The lowest BCUT2D eigenvalue weighted by atomic mass is 10.2. The van der Waals surface area contributed by atoms with Crippen molar-refractivity contribution in [2.45, 2.75) is 33.2 Å². The van der Waals surface area contributed by atoms with Crippen LogP contribution in [-0.2, 0) is 35.8 Å². The third-order valence-electron chi connectivity index (χ3n) is 4.07. The van der Waals surface area contributed by atoms with Gasteiger partial charge in [-0.1, -0.05) is 42.5 Å². The summed E-state index contributed by atoms with van der Waals surface area (Å²) < 4.78 is 9.21. The first kappa shape index (κ1) is 16.2. The Morgan fingerprint density at radius 3 is 2.54 bits per heavy atom. The number of esters is 1. The highest BCUT2D eigenvalue weighted by Crippen LogP contribution is 2.14. The molecule has 5 nitrogen and oxygen atoms in total. The summed E-state index contributed by atoms with van der Waals surface area (Å²) in [4.78, 5) is 12.3. The van der Waals surface area contributed by atoms with E-state index in [1.54, 1.807) is 0 Å². The van der Waals surface area contributed by atoms with Crippen molar-refractivity contribution >= 4 is 17.0 Å². The highest BCUT2D eigenvalue weighted by molar-refractivity contribution is 5.74. The Labute approximate surface area is 140 Å². The Morgan fingerprint density at radius 1 is 1.12 bits per heavy atom. The summed E-state index contributed by atoms with van der Waals surface area (Å²) in [6, 6.07) is 17.4. The third kappa shape index (κ3) is 3.16. The van der Waals surface area contributed by atoms with Gasteiger partial charge in [0.1, 0.15) is 13.2 Å². The molecular weight excluding hydrogens is 304 g/mol. The highest BCUT2D eigenvalue weighted by atomic mass is 16.5. The van der Waals surface area contributed by atoms with E-state index in [1.165, 1.54) is 0 Å². The maximum absolute atomic E-state index is 12.3. The van der Waals surface area contributed by atoms with Gasteiger partial charge in [-0.05, 0) is 24.6 Å². The zero-order chi connectivity index (χ0) is 16.9. The molecule has 0 aliphatic heterocycles. The van der Waals surface area contributed by atoms with Gasteiger partial charge in [0.15, 0.2) is 17.6 Å². The number of fused-ring (bicyclic) bond motifs is 1. The van der Waals surface area contributed by atoms with Crippen molar-refractivity contribution in [3.63, 3.8) is 0 Å². The second kappa shape index (κ2) is 7.27. The zero-order valence-electron chi connectivity index (χ0n) is 13.7. The molecule has 3 aromatic rings. The van der Waals surface area contributed by atoms with Gasteiger partial charge in [0.05, 0.1) is 6.54 Å². The van der Waals surface area contributed by atoms with Crippen molar-refractivity contribution in [3.8, 4) is 0 Å². The van der Waals surface area contributed by atoms with Gasteiger partial charge in [-0.25, -0.2) is 13.9 Å². The summed E-state index contributed by atoms with van der Waals surface area (Å²) in [7, 11) is 0. The second-order valence-electron chi connectivity index (χ2n) is 5.54. The number of nitrogens with zero attached hydrogens (tertiary/aromatic N) is 2. The van der Waals surface area contributed by atoms with Gasteiger partial charge in [-0.2, -0.15) is 0 Å². The average Bonchev–Trinajstić information content (AvgIpc) is 2.93. The SMILES string of the molecule is CCn1c(CO)[n+](CC(=O)OCc2ccccc2)c2ccccc21. The van der Waals surface area contributed by atoms with Crippen molar-refractivity contribution in [1.82, 2.24) is 4.57 Å². The lowest BCUT2D eigenvalue weighted by Crippen LogP contribution is -2.42. The fourth-order valence-corrected chi connectivity index (χ4v) is 2.96. The lowest BCUT2D eigenvalue weighted by Gasteiger charge is -2.05. The molecule has 1 aromatic heterocycles. The van der Waals surface area contributed by atoms with E-state index in [0.717, 1.165) is 23.1 Å². The van der Waals surface area contributed by atoms with Gasteiger partial charge < -0.3 is 9.84 Å². The van der Waals surface area contributed by atoms with Gasteiger partial charge in [0.2, 0.25) is 0 Å². The number of aromatic nitrogens is 2. The van der Waals surface area contributed by atoms with E-state index < -0.39 is 0 Å². The van der Waals surface area contributed by atoms with Crippen LogP contribution in [0.2, 0.25) is 0 Å². The minimum absolute atomic E-state index is 0.0796. The molecule has 5 heteroatoms. The summed E-state index contributed by atoms with van der Waals surface area (Å²) >= 11 is 0. The fourth-order valence-electron chi connectivity index (χ4n) is 2.96. The average molecular weight is 325 g/mol. The number of imidazole rings is 1. The topological polar surface area (TPSA) is 55.3 Å². The van der Waals surface area contributed by atoms with E-state index in [4.69, 9.17) is 4.74 Å². The number of rotatable bonds is 6. The predicted octanol–water partition coefficient (Wildman–Crippen LogP) is 2.18. The Balaban J connectivity index is 1.82. The smallest absolute Gasteiger partial charge is 0.348 e. The van der Waals surface area contributed by atoms with Gasteiger partial charge in [0.25, 0.3) is 5.82 Å². The molecule has 0 atom stereocenters. The van der Waals surface area contributed by atoms with Crippen LogP contribution in [0.3, 0.4) is 0 Å². The monoisotopic (exact) mass is 325 g/mol. The Kier molecular flexibility index (Phi) is 4.91. The lowest BCUT2D eigenvalue weighted by molar-refractivity contribution is -0.670. The molecule has 1 N–H and O–H groups in total. The molecular formula is C19H21N2O3+. The van der Waals surface area contributed by atoms with E-state index in [2.05, 4.69) is 0 Å². The first-order valence-electron chi connectivity index (χ1n) is 8.05. The van der Waals surface area contributed by atoms with E-state index in [1.807, 2.05) is 70.7 Å². The molecule has 0 fully saturated rings. The van der Waals surface area contributed by atoms with Gasteiger partial charge in [-0.15, -0.1) is 0 Å². The molecule has 0 bridgehead atoms. The van der Waals surface area contributed by atoms with E-state index in [-0.39, 0.29) is 25.7 Å². The molecule has 0 radical (unpaired) electrons. The van der Waals surface area contributed by atoms with Gasteiger partial charge in [-0.3, -0.25) is 0 Å². The Morgan fingerprint density at radius 2 is 1.83 bits per heavy atom. The van der Waals surface area contributed by atoms with Crippen molar-refractivity contribution in [1.29, 1.82) is 0 Å². The van der Waals surface area contributed by atoms with Crippen molar-refractivity contribution in [3.05, 3.63) is 66.0 Å². The van der Waals surface area contributed by atoms with Gasteiger partial charge >= 0.3 is 5.97 Å². The number of carbonyl (C=O) groups excluding carboxylic acids is 1. The largest absolute Gasteiger partial charge is 0.458 e. The molecule has 2 aromatic carbocycles. The molecule has 0 aliphatic rings. The van der Waals surface area contributed by atoms with Crippen LogP contribution in [0.25, 0.3) is 11.0 Å². The van der Waals surface area contributed by atoms with E-state index >= 15 is 0 Å². The van der Waals surface area contributed by atoms with Crippen LogP contribution in [0.15, 0.2) is 54.6 Å². The molecule has 1 heterocycles. The van der Waals surface area contributed by atoms with Crippen LogP contribution < -0.4 is 4.57 Å². The number of aliphatic hydroxyl groups is 1. The second-order valence-corrected chi connectivity index (χ2v) is 5.54. The molecule has 24 heavy (non-hydrogen) atoms. The van der Waals surface area contributed by atoms with Crippen LogP contribution in [0.5, 0.6) is 0 Å². The van der Waals surface area contributed by atoms with Crippen molar-refractivity contribution in [2.24, 2.45) is 0 Å². The summed E-state index contributed by atoms with van der Waals surface area (Å²) in [5.41, 5.74) is 2.87. The molecule has 3 rings (SSSR count). The summed E-state index contributed by atoms with van der Waals surface area (Å²) in [5.74, 6) is 0.382. The van der Waals surface area contributed by atoms with Crippen LogP contribution in [0.4, 0.5) is 0 Å². The van der Waals surface area contributed by atoms with Crippen LogP contribution >= 0.6 is 0 Å². The van der Waals surface area contributed by atoms with Crippen molar-refractivity contribution < 1.29 is 19.2 Å². The van der Waals surface area contributed by atoms with Crippen LogP contribution in [-0.4, -0.2) is 15.6 Å². The summed E-state index contributed by atoms with van der Waals surface area (Å²) in [5, 5.41) is 9.76. The molecule has 0 amide bonds. The normalized spacial score (nSPS) is 10.9. The molecule has 0 spiro atoms. The fraction of sp³-hybridized carbons (Fsp3) is 0.263. The van der Waals surface area contributed by atoms with Crippen molar-refractivity contribution in [2.75, 3.05) is 0 Å². The number of aryl methyl sites for hydroxylation is 1. The van der Waals surface area contributed by atoms with Crippen LogP contribution in [0, 0.1) is 0 Å². The number of aliphatic hydroxyl groups excluding tert-OH is 1.